The van der Waals surface area contributed by atoms with Gasteiger partial charge in [-0.1, -0.05) is 23.8 Å². The molecule has 2 rings (SSSR count). The van der Waals surface area contributed by atoms with E-state index >= 15 is 0 Å². The number of hydrogen-bond donors (Lipinski definition) is 2. The van der Waals surface area contributed by atoms with Gasteiger partial charge in [0.2, 0.25) is 0 Å². The molecular weight excluding hydrogens is 218 g/mol. The van der Waals surface area contributed by atoms with Crippen molar-refractivity contribution in [1.29, 1.82) is 0 Å². The van der Waals surface area contributed by atoms with Crippen LogP contribution >= 0.6 is 12.6 Å². The highest BCUT2D eigenvalue weighted by atomic mass is 32.1. The van der Waals surface area contributed by atoms with Gasteiger partial charge in [0.05, 0.1) is 5.69 Å². The Kier molecular flexibility index (Phi) is 3.06. The van der Waals surface area contributed by atoms with Gasteiger partial charge in [0.25, 0.3) is 0 Å². The summed E-state index contributed by atoms with van der Waals surface area (Å²) in [7, 11) is 0. The third-order valence-electron chi connectivity index (χ3n) is 2.29. The Morgan fingerprint density at radius 3 is 2.44 bits per heavy atom. The monoisotopic (exact) mass is 231 g/mol. The molecule has 0 radical (unpaired) electrons. The molecule has 0 unspecified atom stereocenters. The van der Waals surface area contributed by atoms with Gasteiger partial charge in [0.15, 0.2) is 5.75 Å². The number of para-hydroxylation sites is 1. The van der Waals surface area contributed by atoms with Gasteiger partial charge in [-0.3, -0.25) is 0 Å². The molecule has 0 aliphatic heterocycles. The summed E-state index contributed by atoms with van der Waals surface area (Å²) in [5, 5.41) is 0. The molecule has 0 fully saturated rings. The van der Waals surface area contributed by atoms with E-state index < -0.39 is 0 Å². The van der Waals surface area contributed by atoms with Crippen molar-refractivity contribution < 1.29 is 4.74 Å². The Hall–Kier alpha value is -1.61. The Balaban J connectivity index is 2.27. The molecule has 16 heavy (non-hydrogen) atoms. The predicted octanol–water partition coefficient (Wildman–Crippen LogP) is 3.66. The minimum absolute atomic E-state index is 0.561. The molecule has 0 spiro atoms. The van der Waals surface area contributed by atoms with E-state index in [-0.39, 0.29) is 0 Å². The largest absolute Gasteiger partial charge is 0.455 e. The van der Waals surface area contributed by atoms with Gasteiger partial charge >= 0.3 is 0 Å². The van der Waals surface area contributed by atoms with Crippen LogP contribution in [-0.4, -0.2) is 0 Å². The molecule has 0 saturated carbocycles. The lowest BCUT2D eigenvalue weighted by Gasteiger charge is -2.09. The van der Waals surface area contributed by atoms with Gasteiger partial charge in [-0.05, 0) is 31.2 Å². The summed E-state index contributed by atoms with van der Waals surface area (Å²) in [6.45, 7) is 2.03. The average Bonchev–Trinajstić information content (AvgIpc) is 2.28. The molecule has 2 N–H and O–H groups in total. The summed E-state index contributed by atoms with van der Waals surface area (Å²) in [6.07, 6.45) is 0. The van der Waals surface area contributed by atoms with Crippen molar-refractivity contribution in [3.8, 4) is 11.5 Å². The molecule has 3 heteroatoms. The van der Waals surface area contributed by atoms with Gasteiger partial charge in [-0.15, -0.1) is 12.6 Å². The number of ether oxygens (including phenoxy) is 1. The third-order valence-corrected chi connectivity index (χ3v) is 2.68. The lowest BCUT2D eigenvalue weighted by Crippen LogP contribution is -1.93. The SMILES string of the molecule is Cc1ccc(Oc2cccc(S)c2N)cc1. The van der Waals surface area contributed by atoms with Gasteiger partial charge in [-0.2, -0.15) is 0 Å². The van der Waals surface area contributed by atoms with Gasteiger partial charge < -0.3 is 10.5 Å². The van der Waals surface area contributed by atoms with Crippen LogP contribution in [0.2, 0.25) is 0 Å². The summed E-state index contributed by atoms with van der Waals surface area (Å²) in [5.41, 5.74) is 7.62. The number of hydrogen-bond acceptors (Lipinski definition) is 3. The Labute approximate surface area is 100 Å². The third kappa shape index (κ3) is 2.31. The second-order valence-electron chi connectivity index (χ2n) is 3.60. The molecular formula is C13H13NOS. The van der Waals surface area contributed by atoms with Crippen LogP contribution < -0.4 is 10.5 Å². The average molecular weight is 231 g/mol. The maximum absolute atomic E-state index is 5.86. The van der Waals surface area contributed by atoms with Crippen molar-refractivity contribution in [1.82, 2.24) is 0 Å². The smallest absolute Gasteiger partial charge is 0.151 e. The van der Waals surface area contributed by atoms with Gasteiger partial charge in [0, 0.05) is 4.90 Å². The van der Waals surface area contributed by atoms with E-state index in [4.69, 9.17) is 10.5 Å². The lowest BCUT2D eigenvalue weighted by molar-refractivity contribution is 0.484. The second kappa shape index (κ2) is 4.49. The number of aryl methyl sites for hydroxylation is 1. The zero-order chi connectivity index (χ0) is 11.5. The standard InChI is InChI=1S/C13H13NOS/c1-9-5-7-10(8-6-9)15-11-3-2-4-12(16)13(11)14/h2-8,16H,14H2,1H3. The van der Waals surface area contributed by atoms with Crippen molar-refractivity contribution >= 4 is 18.3 Å². The minimum atomic E-state index is 0.561. The van der Waals surface area contributed by atoms with E-state index in [1.165, 1.54) is 5.56 Å². The first-order valence-corrected chi connectivity index (χ1v) is 5.43. The zero-order valence-corrected chi connectivity index (χ0v) is 9.87. The highest BCUT2D eigenvalue weighted by Gasteiger charge is 2.04. The number of nitrogens with two attached hydrogens (primary N) is 1. The van der Waals surface area contributed by atoms with E-state index in [2.05, 4.69) is 12.6 Å². The summed E-state index contributed by atoms with van der Waals surface area (Å²) in [5.74, 6) is 1.41. The number of anilines is 1. The van der Waals surface area contributed by atoms with Crippen LogP contribution in [0, 0.1) is 6.92 Å². The molecule has 0 atom stereocenters. The molecule has 0 heterocycles. The fourth-order valence-corrected chi connectivity index (χ4v) is 1.55. The van der Waals surface area contributed by atoms with E-state index in [1.807, 2.05) is 49.4 Å². The first-order valence-electron chi connectivity index (χ1n) is 4.99. The zero-order valence-electron chi connectivity index (χ0n) is 8.97. The molecule has 0 saturated heterocycles. The summed E-state index contributed by atoms with van der Waals surface area (Å²) in [6, 6.07) is 13.4. The predicted molar refractivity (Wildman–Crippen MR) is 69.4 cm³/mol. The molecule has 2 aromatic rings. The van der Waals surface area contributed by atoms with Crippen LogP contribution in [0.3, 0.4) is 0 Å². The Morgan fingerprint density at radius 1 is 1.06 bits per heavy atom. The highest BCUT2D eigenvalue weighted by molar-refractivity contribution is 7.80. The second-order valence-corrected chi connectivity index (χ2v) is 4.09. The van der Waals surface area contributed by atoms with Gasteiger partial charge in [0.1, 0.15) is 5.75 Å². The molecule has 0 bridgehead atoms. The molecule has 0 amide bonds. The lowest BCUT2D eigenvalue weighted by atomic mass is 10.2. The number of rotatable bonds is 2. The molecule has 82 valence electrons. The fourth-order valence-electron chi connectivity index (χ4n) is 1.35. The van der Waals surface area contributed by atoms with Crippen molar-refractivity contribution in [3.05, 3.63) is 48.0 Å². The summed E-state index contributed by atoms with van der Waals surface area (Å²) in [4.78, 5) is 0.726. The summed E-state index contributed by atoms with van der Waals surface area (Å²) >= 11 is 4.25. The molecule has 2 aromatic carbocycles. The van der Waals surface area contributed by atoms with Crippen LogP contribution in [0.4, 0.5) is 5.69 Å². The normalized spacial score (nSPS) is 10.1. The maximum atomic E-state index is 5.86. The van der Waals surface area contributed by atoms with Crippen LogP contribution in [0.1, 0.15) is 5.56 Å². The molecule has 0 aliphatic carbocycles. The van der Waals surface area contributed by atoms with Crippen LogP contribution in [-0.2, 0) is 0 Å². The van der Waals surface area contributed by atoms with Crippen molar-refractivity contribution in [3.63, 3.8) is 0 Å². The van der Waals surface area contributed by atoms with Crippen LogP contribution in [0.15, 0.2) is 47.4 Å². The number of nitrogen functional groups attached to an aromatic ring is 1. The molecule has 0 aromatic heterocycles. The molecule has 2 nitrogen and oxygen atoms in total. The van der Waals surface area contributed by atoms with Crippen LogP contribution in [0.25, 0.3) is 0 Å². The summed E-state index contributed by atoms with van der Waals surface area (Å²) < 4.78 is 5.67. The van der Waals surface area contributed by atoms with Crippen LogP contribution in [0.5, 0.6) is 11.5 Å². The minimum Gasteiger partial charge on any atom is -0.455 e. The highest BCUT2D eigenvalue weighted by Crippen LogP contribution is 2.31. The number of thiol groups is 1. The van der Waals surface area contributed by atoms with E-state index in [1.54, 1.807) is 0 Å². The van der Waals surface area contributed by atoms with Gasteiger partial charge in [-0.25, -0.2) is 0 Å². The van der Waals surface area contributed by atoms with E-state index in [9.17, 15) is 0 Å². The number of benzene rings is 2. The van der Waals surface area contributed by atoms with Crippen molar-refractivity contribution in [2.24, 2.45) is 0 Å². The van der Waals surface area contributed by atoms with E-state index in [0.717, 1.165) is 10.6 Å². The first-order chi connectivity index (χ1) is 7.66. The van der Waals surface area contributed by atoms with Crippen molar-refractivity contribution in [2.75, 3.05) is 5.73 Å². The quantitative estimate of drug-likeness (QED) is 0.611. The fraction of sp³-hybridized carbons (Fsp3) is 0.0769. The maximum Gasteiger partial charge on any atom is 0.151 e. The Bertz CT molecular complexity index is 494. The molecule has 0 aliphatic rings. The van der Waals surface area contributed by atoms with E-state index in [0.29, 0.717) is 11.4 Å². The van der Waals surface area contributed by atoms with Crippen molar-refractivity contribution in [2.45, 2.75) is 11.8 Å². The Morgan fingerprint density at radius 2 is 1.75 bits per heavy atom. The topological polar surface area (TPSA) is 35.2 Å². The first kappa shape index (κ1) is 10.9.